The van der Waals surface area contributed by atoms with E-state index in [0.29, 0.717) is 11.3 Å². The van der Waals surface area contributed by atoms with Crippen molar-refractivity contribution in [3.8, 4) is 11.5 Å². The molecule has 1 aliphatic heterocycles. The van der Waals surface area contributed by atoms with Gasteiger partial charge in [-0.1, -0.05) is 54.5 Å². The van der Waals surface area contributed by atoms with Gasteiger partial charge in [0.15, 0.2) is 5.98 Å². The number of fused-ring (bicyclic) bond motifs is 1. The molecule has 3 rings (SSSR count). The van der Waals surface area contributed by atoms with E-state index in [4.69, 9.17) is 64.2 Å². The molecule has 0 fully saturated rings. The van der Waals surface area contributed by atoms with Gasteiger partial charge in [0.1, 0.15) is 11.5 Å². The number of hydrogen-bond acceptors (Lipinski definition) is 9. The Hall–Kier alpha value is -1.26. The molecule has 1 unspecified atom stereocenters. The zero-order valence-corrected chi connectivity index (χ0v) is 24.9. The molecular formula is C20H27Cl4N3O8P2. The summed E-state index contributed by atoms with van der Waals surface area (Å²) in [5.74, 6) is -0.781. The minimum atomic E-state index is -1.40. The van der Waals surface area contributed by atoms with Crippen LogP contribution in [-0.4, -0.2) is 44.6 Å². The highest BCUT2D eigenvalue weighted by atomic mass is 36.0. The van der Waals surface area contributed by atoms with Gasteiger partial charge in [-0.2, -0.15) is 0 Å². The molecule has 2 N–H and O–H groups in total. The Bertz CT molecular complexity index is 982. The summed E-state index contributed by atoms with van der Waals surface area (Å²) >= 11 is 20.2. The zero-order chi connectivity index (χ0) is 28.5. The van der Waals surface area contributed by atoms with E-state index in [9.17, 15) is 20.2 Å². The Morgan fingerprint density at radius 1 is 1.00 bits per heavy atom. The topological polar surface area (TPSA) is 148 Å². The normalized spacial score (nSPS) is 13.5. The SMILES string of the molecule is CCN(CC)CC.ClP(Cl)Cl.O=[N+]([O-])c1ccc(O)c(CO)c1.O=[N+]([O-])c1ccc2c(c1)COP(Cl)O2. The fourth-order valence-corrected chi connectivity index (χ4v) is 3.58. The average Bonchev–Trinajstić information content (AvgIpc) is 2.85. The molecule has 0 bridgehead atoms. The van der Waals surface area contributed by atoms with Crippen LogP contribution in [0.3, 0.4) is 0 Å². The van der Waals surface area contributed by atoms with Gasteiger partial charge >= 0.3 is 7.73 Å². The van der Waals surface area contributed by atoms with Crippen molar-refractivity contribution < 1.29 is 29.1 Å². The van der Waals surface area contributed by atoms with Crippen LogP contribution in [0.2, 0.25) is 0 Å². The standard InChI is InChI=1S/C7H5ClNO4P.C7H7NO4.C6H15N.Cl3P/c8-14-12-4-5-3-6(9(10)11)1-2-7(5)13-14;9-4-5-3-6(8(11)12)1-2-7(5)10;1-4-7(5-2)6-3;1-4(2)3/h1-3H,4H2;1-3,9-10H,4H2;4-6H2,1-3H3;. The largest absolute Gasteiger partial charge is 0.508 e. The van der Waals surface area contributed by atoms with Gasteiger partial charge in [-0.3, -0.25) is 20.2 Å². The predicted molar refractivity (Wildman–Crippen MR) is 150 cm³/mol. The number of aliphatic hydroxyl groups is 1. The molecule has 0 radical (unpaired) electrons. The van der Waals surface area contributed by atoms with E-state index in [0.717, 1.165) is 6.07 Å². The van der Waals surface area contributed by atoms with Crippen LogP contribution in [0.5, 0.6) is 11.5 Å². The summed E-state index contributed by atoms with van der Waals surface area (Å²) in [6.07, 6.45) is 0. The molecule has 11 nitrogen and oxygen atoms in total. The maximum Gasteiger partial charge on any atom is 0.338 e. The molecular weight excluding hydrogens is 614 g/mol. The lowest BCUT2D eigenvalue weighted by Gasteiger charge is -2.19. The van der Waals surface area contributed by atoms with Gasteiger partial charge in [0.05, 0.1) is 23.1 Å². The maximum atomic E-state index is 10.5. The van der Waals surface area contributed by atoms with Crippen molar-refractivity contribution in [2.24, 2.45) is 0 Å². The first kappa shape index (κ1) is 35.7. The summed E-state index contributed by atoms with van der Waals surface area (Å²) < 4.78 is 10.2. The number of non-ortho nitro benzene ring substituents is 2. The van der Waals surface area contributed by atoms with Crippen LogP contribution in [0, 0.1) is 20.2 Å². The van der Waals surface area contributed by atoms with E-state index in [1.807, 2.05) is 0 Å². The second-order valence-electron chi connectivity index (χ2n) is 6.67. The van der Waals surface area contributed by atoms with Crippen LogP contribution in [0.4, 0.5) is 11.4 Å². The Labute approximate surface area is 236 Å². The van der Waals surface area contributed by atoms with Crippen molar-refractivity contribution in [3.05, 3.63) is 67.8 Å². The Morgan fingerprint density at radius 3 is 1.92 bits per heavy atom. The van der Waals surface area contributed by atoms with Crippen molar-refractivity contribution in [2.45, 2.75) is 34.0 Å². The molecule has 1 atom stereocenters. The molecule has 2 aromatic carbocycles. The van der Waals surface area contributed by atoms with E-state index in [2.05, 4.69) is 25.7 Å². The Kier molecular flexibility index (Phi) is 19.1. The number of nitrogens with zero attached hydrogens (tertiary/aromatic N) is 3. The fourth-order valence-electron chi connectivity index (χ4n) is 2.59. The molecule has 2 aromatic rings. The van der Waals surface area contributed by atoms with Gasteiger partial charge in [0.25, 0.3) is 11.4 Å². The minimum absolute atomic E-state index is 0.0248. The van der Waals surface area contributed by atoms with Gasteiger partial charge in [0, 0.05) is 35.4 Å². The molecule has 0 spiro atoms. The lowest BCUT2D eigenvalue weighted by Crippen LogP contribution is -2.21. The first-order valence-corrected chi connectivity index (χ1v) is 16.6. The molecule has 1 heterocycles. The summed E-state index contributed by atoms with van der Waals surface area (Å²) in [6, 6.07) is 7.83. The molecule has 0 saturated carbocycles. The third kappa shape index (κ3) is 15.1. The van der Waals surface area contributed by atoms with Gasteiger partial charge in [0.2, 0.25) is 0 Å². The van der Waals surface area contributed by atoms with E-state index in [1.54, 1.807) is 0 Å². The van der Waals surface area contributed by atoms with E-state index in [-0.39, 0.29) is 29.3 Å². The molecule has 0 amide bonds. The second-order valence-corrected chi connectivity index (χ2v) is 13.3. The van der Waals surface area contributed by atoms with Crippen LogP contribution in [0.15, 0.2) is 36.4 Å². The van der Waals surface area contributed by atoms with Crippen LogP contribution in [-0.2, 0) is 17.7 Å². The second kappa shape index (κ2) is 19.8. The number of nitro groups is 2. The first-order valence-electron chi connectivity index (χ1n) is 10.5. The first-order chi connectivity index (χ1) is 17.4. The lowest BCUT2D eigenvalue weighted by molar-refractivity contribution is -0.385. The molecule has 1 aliphatic rings. The van der Waals surface area contributed by atoms with Gasteiger partial charge in [-0.15, -0.1) is 0 Å². The Balaban J connectivity index is 0.000000512. The maximum absolute atomic E-state index is 10.5. The van der Waals surface area contributed by atoms with Gasteiger partial charge in [-0.25, -0.2) is 0 Å². The molecule has 17 heteroatoms. The summed E-state index contributed by atoms with van der Waals surface area (Å²) in [7, 11) is -1.40. The van der Waals surface area contributed by atoms with E-state index in [1.165, 1.54) is 50.0 Å². The number of rotatable bonds is 6. The average molecular weight is 641 g/mol. The van der Waals surface area contributed by atoms with Crippen LogP contribution >= 0.6 is 58.7 Å². The third-order valence-corrected chi connectivity index (χ3v) is 5.70. The minimum Gasteiger partial charge on any atom is -0.508 e. The highest BCUT2D eigenvalue weighted by molar-refractivity contribution is 8.20. The molecule has 37 heavy (non-hydrogen) atoms. The third-order valence-electron chi connectivity index (χ3n) is 4.53. The number of phenols is 1. The Morgan fingerprint density at radius 2 is 1.49 bits per heavy atom. The monoisotopic (exact) mass is 639 g/mol. The number of benzene rings is 2. The molecule has 0 aromatic heterocycles. The van der Waals surface area contributed by atoms with Crippen molar-refractivity contribution in [1.29, 1.82) is 0 Å². The molecule has 0 aliphatic carbocycles. The highest BCUT2D eigenvalue weighted by Crippen LogP contribution is 2.51. The highest BCUT2D eigenvalue weighted by Gasteiger charge is 2.21. The smallest absolute Gasteiger partial charge is 0.338 e. The van der Waals surface area contributed by atoms with Gasteiger partial charge in [-0.05, 0) is 43.0 Å². The summed E-state index contributed by atoms with van der Waals surface area (Å²) in [5.41, 5.74) is 0.691. The van der Waals surface area contributed by atoms with Crippen LogP contribution in [0.1, 0.15) is 31.9 Å². The number of nitro benzene ring substituents is 2. The number of aliphatic hydroxyl groups excluding tert-OH is 1. The van der Waals surface area contributed by atoms with E-state index < -0.39 is 30.2 Å². The summed E-state index contributed by atoms with van der Waals surface area (Å²) in [4.78, 5) is 22.0. The number of halogens is 4. The lowest BCUT2D eigenvalue weighted by atomic mass is 10.2. The fraction of sp³-hybridized carbons (Fsp3) is 0.400. The zero-order valence-electron chi connectivity index (χ0n) is 20.1. The van der Waals surface area contributed by atoms with Crippen molar-refractivity contribution in [1.82, 2.24) is 4.90 Å². The summed E-state index contributed by atoms with van der Waals surface area (Å²) in [6.45, 7) is 9.97. The van der Waals surface area contributed by atoms with Crippen molar-refractivity contribution >= 4 is 70.0 Å². The van der Waals surface area contributed by atoms with E-state index >= 15 is 0 Å². The van der Waals surface area contributed by atoms with Crippen molar-refractivity contribution in [3.63, 3.8) is 0 Å². The van der Waals surface area contributed by atoms with Gasteiger partial charge < -0.3 is 24.2 Å². The molecule has 0 saturated heterocycles. The predicted octanol–water partition coefficient (Wildman–Crippen LogP) is 8.04. The number of aromatic hydroxyl groups is 1. The molecule has 208 valence electrons. The van der Waals surface area contributed by atoms with Crippen molar-refractivity contribution in [2.75, 3.05) is 19.6 Å². The summed E-state index contributed by atoms with van der Waals surface area (Å²) in [5, 5.41) is 38.4. The van der Waals surface area contributed by atoms with Crippen LogP contribution in [0.25, 0.3) is 0 Å². The number of hydrogen-bond donors (Lipinski definition) is 2. The van der Waals surface area contributed by atoms with Crippen LogP contribution < -0.4 is 4.52 Å². The quantitative estimate of drug-likeness (QED) is 0.182.